The van der Waals surface area contributed by atoms with Crippen molar-refractivity contribution in [1.29, 1.82) is 0 Å². The van der Waals surface area contributed by atoms with Crippen molar-refractivity contribution in [2.24, 2.45) is 0 Å². The summed E-state index contributed by atoms with van der Waals surface area (Å²) in [5.41, 5.74) is -0.0678. The number of benzene rings is 1. The number of carbonyl (C=O) groups is 2. The van der Waals surface area contributed by atoms with E-state index in [-0.39, 0.29) is 23.9 Å². The number of para-hydroxylation sites is 1. The first-order chi connectivity index (χ1) is 10.4. The van der Waals surface area contributed by atoms with Gasteiger partial charge in [-0.1, -0.05) is 12.1 Å². The summed E-state index contributed by atoms with van der Waals surface area (Å²) in [4.78, 5) is 35.6. The Balaban J connectivity index is 2.29. The quantitative estimate of drug-likeness (QED) is 0.854. The molecule has 1 fully saturated rings. The standard InChI is InChI=1S/C14H13F2N3O3/c1-7-3-2-4-8-11(7)19(13(15)16)14(22)18(8)9-5-6-10(20)17-12(9)21/h2-4,9,13H,5-6H2,1H3,(H,17,20,21). The van der Waals surface area contributed by atoms with Crippen LogP contribution in [0.4, 0.5) is 8.78 Å². The lowest BCUT2D eigenvalue weighted by molar-refractivity contribution is -0.135. The first kappa shape index (κ1) is 14.4. The number of aryl methyl sites for hydroxylation is 1. The second-order valence-corrected chi connectivity index (χ2v) is 5.21. The monoisotopic (exact) mass is 309 g/mol. The molecule has 1 aromatic carbocycles. The lowest BCUT2D eigenvalue weighted by Gasteiger charge is -2.21. The van der Waals surface area contributed by atoms with Crippen LogP contribution in [-0.2, 0) is 9.59 Å². The predicted octanol–water partition coefficient (Wildman–Crippen LogP) is 1.48. The van der Waals surface area contributed by atoms with Gasteiger partial charge in [0.05, 0.1) is 11.0 Å². The maximum atomic E-state index is 13.3. The number of imidazole rings is 1. The molecule has 1 aromatic heterocycles. The number of nitrogens with one attached hydrogen (secondary N) is 1. The molecule has 0 aliphatic carbocycles. The molecular weight excluding hydrogens is 296 g/mol. The number of hydrogen-bond donors (Lipinski definition) is 1. The number of imide groups is 1. The molecule has 1 unspecified atom stereocenters. The number of alkyl halides is 2. The Labute approximate surface area is 123 Å². The van der Waals surface area contributed by atoms with Gasteiger partial charge in [-0.15, -0.1) is 0 Å². The van der Waals surface area contributed by atoms with Crippen molar-refractivity contribution in [3.8, 4) is 0 Å². The van der Waals surface area contributed by atoms with Crippen molar-refractivity contribution in [3.63, 3.8) is 0 Å². The van der Waals surface area contributed by atoms with Gasteiger partial charge in [-0.05, 0) is 25.0 Å². The fraction of sp³-hybridized carbons (Fsp3) is 0.357. The number of aromatic nitrogens is 2. The van der Waals surface area contributed by atoms with Gasteiger partial charge in [0.2, 0.25) is 11.8 Å². The lowest BCUT2D eigenvalue weighted by atomic mass is 10.1. The molecule has 2 heterocycles. The number of nitrogens with zero attached hydrogens (tertiary/aromatic N) is 2. The van der Waals surface area contributed by atoms with Crippen molar-refractivity contribution in [2.45, 2.75) is 32.4 Å². The zero-order valence-electron chi connectivity index (χ0n) is 11.7. The summed E-state index contributed by atoms with van der Waals surface area (Å²) in [6.45, 7) is -1.39. The van der Waals surface area contributed by atoms with Gasteiger partial charge in [-0.3, -0.25) is 19.5 Å². The average molecular weight is 309 g/mol. The number of piperidine rings is 1. The fourth-order valence-electron chi connectivity index (χ4n) is 2.88. The van der Waals surface area contributed by atoms with Crippen LogP contribution in [0.1, 0.15) is 31.0 Å². The molecule has 1 aliphatic heterocycles. The third-order valence-electron chi connectivity index (χ3n) is 3.85. The number of amides is 2. The summed E-state index contributed by atoms with van der Waals surface area (Å²) in [6, 6.07) is 3.81. The average Bonchev–Trinajstić information content (AvgIpc) is 2.73. The van der Waals surface area contributed by atoms with Crippen molar-refractivity contribution in [3.05, 3.63) is 34.2 Å². The maximum absolute atomic E-state index is 13.3. The Hall–Kier alpha value is -2.51. The van der Waals surface area contributed by atoms with E-state index in [0.717, 1.165) is 4.57 Å². The minimum Gasteiger partial charge on any atom is -0.295 e. The fourth-order valence-corrected chi connectivity index (χ4v) is 2.88. The summed E-state index contributed by atoms with van der Waals surface area (Å²) in [5.74, 6) is -1.07. The summed E-state index contributed by atoms with van der Waals surface area (Å²) in [5, 5.41) is 2.14. The van der Waals surface area contributed by atoms with Gasteiger partial charge in [0.1, 0.15) is 6.04 Å². The number of rotatable bonds is 2. The molecular formula is C14H13F2N3O3. The van der Waals surface area contributed by atoms with E-state index >= 15 is 0 Å². The molecule has 116 valence electrons. The summed E-state index contributed by atoms with van der Waals surface area (Å²) in [7, 11) is 0. The van der Waals surface area contributed by atoms with Crippen LogP contribution in [0, 0.1) is 6.92 Å². The predicted molar refractivity (Wildman–Crippen MR) is 73.6 cm³/mol. The van der Waals surface area contributed by atoms with Crippen LogP contribution in [0.15, 0.2) is 23.0 Å². The van der Waals surface area contributed by atoms with E-state index in [1.807, 2.05) is 0 Å². The molecule has 1 aliphatic rings. The van der Waals surface area contributed by atoms with Gasteiger partial charge < -0.3 is 0 Å². The number of carbonyl (C=O) groups excluding carboxylic acids is 2. The SMILES string of the molecule is Cc1cccc2c1n(C(F)F)c(=O)n2C1CCC(=O)NC1=O. The largest absolute Gasteiger partial charge is 0.334 e. The van der Waals surface area contributed by atoms with E-state index in [4.69, 9.17) is 0 Å². The summed E-state index contributed by atoms with van der Waals surface area (Å²) in [6.07, 6.45) is 0.177. The van der Waals surface area contributed by atoms with Crippen LogP contribution < -0.4 is 11.0 Å². The molecule has 0 saturated carbocycles. The van der Waals surface area contributed by atoms with Gasteiger partial charge in [0.25, 0.3) is 0 Å². The van der Waals surface area contributed by atoms with E-state index in [2.05, 4.69) is 5.32 Å². The summed E-state index contributed by atoms with van der Waals surface area (Å²) < 4.78 is 28.0. The molecule has 1 atom stereocenters. The zero-order valence-corrected chi connectivity index (χ0v) is 11.7. The zero-order chi connectivity index (χ0) is 16.0. The second kappa shape index (κ2) is 5.04. The van der Waals surface area contributed by atoms with Crippen LogP contribution in [-0.4, -0.2) is 20.9 Å². The normalized spacial score (nSPS) is 19.0. The topological polar surface area (TPSA) is 73.1 Å². The Kier molecular flexibility index (Phi) is 3.31. The van der Waals surface area contributed by atoms with Gasteiger partial charge in [0.15, 0.2) is 0 Å². The number of fused-ring (bicyclic) bond motifs is 1. The maximum Gasteiger partial charge on any atom is 0.334 e. The van der Waals surface area contributed by atoms with Gasteiger partial charge >= 0.3 is 12.2 Å². The lowest BCUT2D eigenvalue weighted by Crippen LogP contribution is -2.44. The molecule has 2 amide bonds. The van der Waals surface area contributed by atoms with E-state index in [1.54, 1.807) is 19.1 Å². The van der Waals surface area contributed by atoms with Crippen LogP contribution >= 0.6 is 0 Å². The Bertz CT molecular complexity index is 838. The molecule has 8 heteroatoms. The first-order valence-electron chi connectivity index (χ1n) is 6.75. The van der Waals surface area contributed by atoms with Crippen molar-refractivity contribution in [2.75, 3.05) is 0 Å². The molecule has 0 radical (unpaired) electrons. The van der Waals surface area contributed by atoms with Crippen molar-refractivity contribution in [1.82, 2.24) is 14.5 Å². The highest BCUT2D eigenvalue weighted by Gasteiger charge is 2.32. The highest BCUT2D eigenvalue weighted by atomic mass is 19.3. The third kappa shape index (κ3) is 2.02. The molecule has 1 N–H and O–H groups in total. The van der Waals surface area contributed by atoms with E-state index in [9.17, 15) is 23.2 Å². The molecule has 1 saturated heterocycles. The van der Waals surface area contributed by atoms with E-state index < -0.39 is 30.1 Å². The molecule has 6 nitrogen and oxygen atoms in total. The summed E-state index contributed by atoms with van der Waals surface area (Å²) >= 11 is 0. The van der Waals surface area contributed by atoms with Gasteiger partial charge in [0, 0.05) is 6.42 Å². The molecule has 0 spiro atoms. The Morgan fingerprint density at radius 2 is 2.00 bits per heavy atom. The molecule has 0 bridgehead atoms. The highest BCUT2D eigenvalue weighted by molar-refractivity contribution is 6.00. The van der Waals surface area contributed by atoms with Crippen LogP contribution in [0.25, 0.3) is 11.0 Å². The van der Waals surface area contributed by atoms with Gasteiger partial charge in [-0.25, -0.2) is 9.36 Å². The molecule has 22 heavy (non-hydrogen) atoms. The van der Waals surface area contributed by atoms with Crippen LogP contribution in [0.5, 0.6) is 0 Å². The smallest absolute Gasteiger partial charge is 0.295 e. The minimum atomic E-state index is -3.01. The number of hydrogen-bond acceptors (Lipinski definition) is 3. The molecule has 2 aromatic rings. The van der Waals surface area contributed by atoms with Crippen molar-refractivity contribution >= 4 is 22.8 Å². The van der Waals surface area contributed by atoms with Crippen LogP contribution in [0.3, 0.4) is 0 Å². The minimum absolute atomic E-state index is 0.0655. The number of halogens is 2. The third-order valence-corrected chi connectivity index (χ3v) is 3.85. The molecule has 3 rings (SSSR count). The van der Waals surface area contributed by atoms with Gasteiger partial charge in [-0.2, -0.15) is 8.78 Å². The van der Waals surface area contributed by atoms with Crippen molar-refractivity contribution < 1.29 is 18.4 Å². The van der Waals surface area contributed by atoms with E-state index in [0.29, 0.717) is 10.1 Å². The van der Waals surface area contributed by atoms with E-state index in [1.165, 1.54) is 6.07 Å². The first-order valence-corrected chi connectivity index (χ1v) is 6.75. The highest BCUT2D eigenvalue weighted by Crippen LogP contribution is 2.27. The second-order valence-electron chi connectivity index (χ2n) is 5.21. The Morgan fingerprint density at radius 1 is 1.27 bits per heavy atom. The van der Waals surface area contributed by atoms with Crippen LogP contribution in [0.2, 0.25) is 0 Å². The Morgan fingerprint density at radius 3 is 2.64 bits per heavy atom.